The van der Waals surface area contributed by atoms with Crippen LogP contribution in [0, 0.1) is 5.82 Å². The molecule has 0 fully saturated rings. The zero-order valence-corrected chi connectivity index (χ0v) is 9.48. The Balaban J connectivity index is 2.05. The fourth-order valence-corrected chi connectivity index (χ4v) is 1.83. The minimum absolute atomic E-state index is 0.0244. The number of nitrogens with zero attached hydrogens (tertiary/aromatic N) is 1. The van der Waals surface area contributed by atoms with E-state index in [4.69, 9.17) is 11.6 Å². The van der Waals surface area contributed by atoms with Gasteiger partial charge < -0.3 is 5.32 Å². The van der Waals surface area contributed by atoms with Crippen LogP contribution < -0.4 is 10.1 Å². The molecule has 1 unspecified atom stereocenters. The third kappa shape index (κ3) is 2.45. The number of amides is 1. The van der Waals surface area contributed by atoms with Crippen molar-refractivity contribution in [3.8, 4) is 0 Å². The third-order valence-corrected chi connectivity index (χ3v) is 2.98. The smallest absolute Gasteiger partial charge is 0.244 e. The summed E-state index contributed by atoms with van der Waals surface area (Å²) >= 11 is 6.77. The fraction of sp³-hybridized carbons (Fsp3) is 0.111. The molecule has 0 aliphatic carbocycles. The molecule has 0 saturated heterocycles. The van der Waals surface area contributed by atoms with Gasteiger partial charge in [-0.05, 0) is 30.1 Å². The molecule has 1 aromatic rings. The quantitative estimate of drug-likeness (QED) is 0.799. The molecule has 7 heteroatoms. The normalized spacial score (nSPS) is 18.2. The Morgan fingerprint density at radius 1 is 1.62 bits per heavy atom. The highest BCUT2D eigenvalue weighted by Crippen LogP contribution is 2.20. The number of hydrazone groups is 1. The van der Waals surface area contributed by atoms with E-state index in [2.05, 4.69) is 15.2 Å². The van der Waals surface area contributed by atoms with E-state index in [0.717, 1.165) is 0 Å². The van der Waals surface area contributed by atoms with Crippen LogP contribution in [0.4, 0.5) is 10.1 Å². The standard InChI is InChI=1S/C9H7ClFN3OS/c10-6-3-5(1-2-7(6)11)13-9(15)8-4-12-14-16-8/h1-4,8,14H,(H,13,15). The van der Waals surface area contributed by atoms with Crippen molar-refractivity contribution in [1.29, 1.82) is 0 Å². The van der Waals surface area contributed by atoms with Crippen molar-refractivity contribution in [2.75, 3.05) is 5.32 Å². The lowest BCUT2D eigenvalue weighted by Crippen LogP contribution is -2.25. The van der Waals surface area contributed by atoms with Gasteiger partial charge in [0.25, 0.3) is 0 Å². The van der Waals surface area contributed by atoms with Crippen LogP contribution in [-0.4, -0.2) is 17.4 Å². The second-order valence-corrected chi connectivity index (χ2v) is 4.36. The van der Waals surface area contributed by atoms with Crippen LogP contribution in [0.1, 0.15) is 0 Å². The van der Waals surface area contributed by atoms with Crippen LogP contribution in [0.25, 0.3) is 0 Å². The summed E-state index contributed by atoms with van der Waals surface area (Å²) in [6.07, 6.45) is 1.49. The summed E-state index contributed by atoms with van der Waals surface area (Å²) in [6.45, 7) is 0. The van der Waals surface area contributed by atoms with E-state index < -0.39 is 5.82 Å². The third-order valence-electron chi connectivity index (χ3n) is 1.89. The minimum Gasteiger partial charge on any atom is -0.325 e. The van der Waals surface area contributed by atoms with Gasteiger partial charge in [0, 0.05) is 11.9 Å². The summed E-state index contributed by atoms with van der Waals surface area (Å²) in [5.41, 5.74) is 0.456. The predicted octanol–water partition coefficient (Wildman–Crippen LogP) is 2.02. The maximum atomic E-state index is 12.9. The number of carbonyl (C=O) groups excluding carboxylic acids is 1. The summed E-state index contributed by atoms with van der Waals surface area (Å²) in [7, 11) is 0. The lowest BCUT2D eigenvalue weighted by molar-refractivity contribution is -0.114. The lowest BCUT2D eigenvalue weighted by atomic mass is 10.3. The molecule has 1 heterocycles. The molecule has 0 aromatic heterocycles. The van der Waals surface area contributed by atoms with Crippen molar-refractivity contribution in [3.63, 3.8) is 0 Å². The van der Waals surface area contributed by atoms with Crippen molar-refractivity contribution >= 4 is 41.4 Å². The second-order valence-electron chi connectivity index (χ2n) is 3.03. The summed E-state index contributed by atoms with van der Waals surface area (Å²) < 4.78 is 12.9. The van der Waals surface area contributed by atoms with E-state index in [-0.39, 0.29) is 16.2 Å². The molecule has 1 atom stereocenters. The molecule has 0 saturated carbocycles. The lowest BCUT2D eigenvalue weighted by Gasteiger charge is -2.07. The van der Waals surface area contributed by atoms with Gasteiger partial charge in [-0.3, -0.25) is 9.63 Å². The molecule has 1 aliphatic rings. The SMILES string of the molecule is O=C(Nc1ccc(F)c(Cl)c1)C1C=NNS1. The summed E-state index contributed by atoms with van der Waals surface area (Å²) in [6, 6.07) is 4.01. The molecular formula is C9H7ClFN3OS. The average molecular weight is 260 g/mol. The largest absolute Gasteiger partial charge is 0.325 e. The first kappa shape index (κ1) is 11.2. The number of hydrogen-bond acceptors (Lipinski definition) is 4. The first-order chi connectivity index (χ1) is 7.66. The number of carbonyl (C=O) groups is 1. The number of nitrogens with one attached hydrogen (secondary N) is 2. The number of benzene rings is 1. The summed E-state index contributed by atoms with van der Waals surface area (Å²) in [5, 5.41) is 5.90. The van der Waals surface area contributed by atoms with Gasteiger partial charge in [-0.25, -0.2) is 4.39 Å². The zero-order valence-electron chi connectivity index (χ0n) is 7.91. The number of halogens is 2. The molecule has 4 nitrogen and oxygen atoms in total. The monoisotopic (exact) mass is 259 g/mol. The Labute approximate surface area is 100 Å². The first-order valence-corrected chi connectivity index (χ1v) is 5.62. The van der Waals surface area contributed by atoms with Crippen molar-refractivity contribution in [1.82, 2.24) is 4.83 Å². The van der Waals surface area contributed by atoms with Crippen molar-refractivity contribution in [3.05, 3.63) is 29.0 Å². The highest BCUT2D eigenvalue weighted by atomic mass is 35.5. The molecule has 0 bridgehead atoms. The first-order valence-electron chi connectivity index (χ1n) is 4.36. The van der Waals surface area contributed by atoms with Gasteiger partial charge >= 0.3 is 0 Å². The highest BCUT2D eigenvalue weighted by molar-refractivity contribution is 7.99. The molecule has 84 valence electrons. The molecular weight excluding hydrogens is 253 g/mol. The number of anilines is 1. The molecule has 0 spiro atoms. The van der Waals surface area contributed by atoms with Gasteiger partial charge in [0.05, 0.1) is 5.02 Å². The molecule has 2 N–H and O–H groups in total. The van der Waals surface area contributed by atoms with Gasteiger partial charge in [0.2, 0.25) is 5.91 Å². The molecule has 2 rings (SSSR count). The van der Waals surface area contributed by atoms with E-state index in [1.54, 1.807) is 0 Å². The van der Waals surface area contributed by atoms with Gasteiger partial charge in [-0.15, -0.1) is 0 Å². The summed E-state index contributed by atoms with van der Waals surface area (Å²) in [5.74, 6) is -0.750. The summed E-state index contributed by atoms with van der Waals surface area (Å²) in [4.78, 5) is 14.2. The van der Waals surface area contributed by atoms with Gasteiger partial charge in [0.15, 0.2) is 0 Å². The second kappa shape index (κ2) is 4.71. The number of hydrogen-bond donors (Lipinski definition) is 2. The maximum absolute atomic E-state index is 12.9. The molecule has 0 radical (unpaired) electrons. The predicted molar refractivity (Wildman–Crippen MR) is 63.0 cm³/mol. The number of rotatable bonds is 2. The van der Waals surface area contributed by atoms with E-state index in [1.165, 1.54) is 36.4 Å². The Bertz CT molecular complexity index is 454. The van der Waals surface area contributed by atoms with Crippen molar-refractivity contribution in [2.24, 2.45) is 5.10 Å². The van der Waals surface area contributed by atoms with Gasteiger partial charge in [0.1, 0.15) is 11.1 Å². The highest BCUT2D eigenvalue weighted by Gasteiger charge is 2.20. The van der Waals surface area contributed by atoms with Crippen LogP contribution in [0.5, 0.6) is 0 Å². The molecule has 1 aliphatic heterocycles. The van der Waals surface area contributed by atoms with Crippen LogP contribution >= 0.6 is 23.5 Å². The van der Waals surface area contributed by atoms with E-state index in [1.807, 2.05) is 0 Å². The van der Waals surface area contributed by atoms with Gasteiger partial charge in [-0.2, -0.15) is 5.10 Å². The Morgan fingerprint density at radius 2 is 2.44 bits per heavy atom. The van der Waals surface area contributed by atoms with Gasteiger partial charge in [-0.1, -0.05) is 11.6 Å². The zero-order chi connectivity index (χ0) is 11.5. The van der Waals surface area contributed by atoms with Crippen LogP contribution in [-0.2, 0) is 4.79 Å². The van der Waals surface area contributed by atoms with Crippen molar-refractivity contribution in [2.45, 2.75) is 5.25 Å². The van der Waals surface area contributed by atoms with E-state index >= 15 is 0 Å². The average Bonchev–Trinajstić information content (AvgIpc) is 2.77. The minimum atomic E-state index is -0.516. The molecule has 1 aromatic carbocycles. The van der Waals surface area contributed by atoms with Crippen LogP contribution in [0.2, 0.25) is 5.02 Å². The van der Waals surface area contributed by atoms with Crippen molar-refractivity contribution < 1.29 is 9.18 Å². The molecule has 1 amide bonds. The van der Waals surface area contributed by atoms with Crippen LogP contribution in [0.3, 0.4) is 0 Å². The Hall–Kier alpha value is -1.27. The molecule has 16 heavy (non-hydrogen) atoms. The van der Waals surface area contributed by atoms with Crippen LogP contribution in [0.15, 0.2) is 23.3 Å². The Morgan fingerprint density at radius 3 is 3.06 bits per heavy atom. The van der Waals surface area contributed by atoms with E-state index in [0.29, 0.717) is 5.69 Å². The fourth-order valence-electron chi connectivity index (χ4n) is 1.12. The maximum Gasteiger partial charge on any atom is 0.244 e. The topological polar surface area (TPSA) is 53.5 Å². The Kier molecular flexibility index (Phi) is 3.31. The van der Waals surface area contributed by atoms with E-state index in [9.17, 15) is 9.18 Å².